The first-order valence-electron chi connectivity index (χ1n) is 6.02. The molecule has 1 amide bonds. The summed E-state index contributed by atoms with van der Waals surface area (Å²) in [5.41, 5.74) is 0.996. The van der Waals surface area contributed by atoms with Crippen LogP contribution in [0.1, 0.15) is 32.0 Å². The lowest BCUT2D eigenvalue weighted by Crippen LogP contribution is -2.41. The maximum absolute atomic E-state index is 11.9. The molecule has 0 aliphatic carbocycles. The zero-order valence-corrected chi connectivity index (χ0v) is 11.2. The van der Waals surface area contributed by atoms with Crippen LogP contribution in [-0.2, 0) is 24.8 Å². The summed E-state index contributed by atoms with van der Waals surface area (Å²) in [6.07, 6.45) is 0.306. The van der Waals surface area contributed by atoms with E-state index in [1.165, 1.54) is 0 Å². The molecule has 1 aliphatic heterocycles. The van der Waals surface area contributed by atoms with Crippen LogP contribution in [0.15, 0.2) is 4.79 Å². The third kappa shape index (κ3) is 2.42. The predicted molar refractivity (Wildman–Crippen MR) is 66.4 cm³/mol. The lowest BCUT2D eigenvalue weighted by Gasteiger charge is -2.29. The van der Waals surface area contributed by atoms with Crippen molar-refractivity contribution in [3.05, 3.63) is 21.6 Å². The van der Waals surface area contributed by atoms with Gasteiger partial charge in [0.25, 0.3) is 5.56 Å². The Hall–Kier alpha value is -1.72. The van der Waals surface area contributed by atoms with Crippen molar-refractivity contribution in [1.82, 2.24) is 14.7 Å². The number of nitrogens with one attached hydrogen (secondary N) is 1. The molecule has 1 N–H and O–H groups in total. The van der Waals surface area contributed by atoms with Crippen LogP contribution in [0, 0.1) is 0 Å². The van der Waals surface area contributed by atoms with Crippen LogP contribution < -0.4 is 5.56 Å². The van der Waals surface area contributed by atoms with Gasteiger partial charge >= 0.3 is 6.09 Å². The maximum atomic E-state index is 11.9. The number of ether oxygens (including phenoxy) is 1. The first-order chi connectivity index (χ1) is 8.28. The zero-order chi connectivity index (χ0) is 13.5. The topological polar surface area (TPSA) is 67.3 Å². The van der Waals surface area contributed by atoms with Crippen molar-refractivity contribution >= 4 is 6.09 Å². The Bertz CT molecular complexity index is 522. The summed E-state index contributed by atoms with van der Waals surface area (Å²) in [6.45, 7) is 6.38. The molecule has 1 aromatic rings. The van der Waals surface area contributed by atoms with Crippen molar-refractivity contribution in [2.24, 2.45) is 7.05 Å². The van der Waals surface area contributed by atoms with Crippen LogP contribution in [0.2, 0.25) is 0 Å². The third-order valence-corrected chi connectivity index (χ3v) is 2.92. The van der Waals surface area contributed by atoms with Gasteiger partial charge in [0.2, 0.25) is 0 Å². The Labute approximate surface area is 106 Å². The molecule has 1 aromatic heterocycles. The Morgan fingerprint density at radius 3 is 2.67 bits per heavy atom. The molecule has 2 heterocycles. The SMILES string of the molecule is Cn1[nH]c(=O)c2c1CCN(C(=O)OC(C)(C)C)C2. The predicted octanol–water partition coefficient (Wildman–Crippen LogP) is 1.01. The number of aromatic amines is 1. The van der Waals surface area contributed by atoms with Crippen LogP contribution in [0.3, 0.4) is 0 Å². The lowest BCUT2D eigenvalue weighted by atomic mass is 10.1. The zero-order valence-electron chi connectivity index (χ0n) is 11.2. The van der Waals surface area contributed by atoms with E-state index in [4.69, 9.17) is 4.74 Å². The highest BCUT2D eigenvalue weighted by atomic mass is 16.6. The molecule has 0 spiro atoms. The van der Waals surface area contributed by atoms with Crippen molar-refractivity contribution in [3.63, 3.8) is 0 Å². The van der Waals surface area contributed by atoms with Crippen LogP contribution in [-0.4, -0.2) is 32.9 Å². The number of aryl methyl sites for hydroxylation is 1. The largest absolute Gasteiger partial charge is 0.444 e. The van der Waals surface area contributed by atoms with E-state index in [-0.39, 0.29) is 11.7 Å². The Morgan fingerprint density at radius 1 is 1.39 bits per heavy atom. The van der Waals surface area contributed by atoms with E-state index < -0.39 is 5.60 Å². The number of hydrogen-bond acceptors (Lipinski definition) is 3. The van der Waals surface area contributed by atoms with E-state index >= 15 is 0 Å². The smallest absolute Gasteiger partial charge is 0.410 e. The van der Waals surface area contributed by atoms with E-state index in [2.05, 4.69) is 5.10 Å². The highest BCUT2D eigenvalue weighted by molar-refractivity contribution is 5.68. The average molecular weight is 253 g/mol. The van der Waals surface area contributed by atoms with Gasteiger partial charge in [-0.15, -0.1) is 0 Å². The summed E-state index contributed by atoms with van der Waals surface area (Å²) in [5, 5.41) is 2.71. The number of carbonyl (C=O) groups excluding carboxylic acids is 1. The summed E-state index contributed by atoms with van der Waals surface area (Å²) in [7, 11) is 1.81. The highest BCUT2D eigenvalue weighted by Gasteiger charge is 2.28. The van der Waals surface area contributed by atoms with Gasteiger partial charge in [0.05, 0.1) is 12.1 Å². The van der Waals surface area contributed by atoms with Crippen LogP contribution in [0.5, 0.6) is 0 Å². The number of fused-ring (bicyclic) bond motifs is 1. The molecular formula is C12H19N3O3. The quantitative estimate of drug-likeness (QED) is 0.750. The van der Waals surface area contributed by atoms with Gasteiger partial charge in [-0.1, -0.05) is 0 Å². The maximum Gasteiger partial charge on any atom is 0.410 e. The Kier molecular flexibility index (Phi) is 2.96. The van der Waals surface area contributed by atoms with Gasteiger partial charge in [0, 0.05) is 25.7 Å². The second-order valence-electron chi connectivity index (χ2n) is 5.58. The van der Waals surface area contributed by atoms with Gasteiger partial charge < -0.3 is 9.64 Å². The molecule has 0 atom stereocenters. The number of hydrogen-bond donors (Lipinski definition) is 1. The molecule has 0 aromatic carbocycles. The summed E-state index contributed by atoms with van der Waals surface area (Å²) in [4.78, 5) is 25.2. The number of carbonyl (C=O) groups is 1. The third-order valence-electron chi connectivity index (χ3n) is 2.92. The molecular weight excluding hydrogens is 234 g/mol. The van der Waals surface area contributed by atoms with Gasteiger partial charge in [0.1, 0.15) is 5.60 Å². The van der Waals surface area contributed by atoms with Crippen molar-refractivity contribution < 1.29 is 9.53 Å². The molecule has 6 heteroatoms. The second-order valence-corrected chi connectivity index (χ2v) is 5.58. The standard InChI is InChI=1S/C12H19N3O3/c1-12(2,3)18-11(17)15-6-5-9-8(7-15)10(16)13-14(9)4/h5-7H2,1-4H3,(H,13,16). The molecule has 6 nitrogen and oxygen atoms in total. The summed E-state index contributed by atoms with van der Waals surface area (Å²) in [5.74, 6) is 0. The molecule has 0 saturated carbocycles. The van der Waals surface area contributed by atoms with Gasteiger partial charge in [-0.25, -0.2) is 4.79 Å². The van der Waals surface area contributed by atoms with Gasteiger partial charge in [-0.2, -0.15) is 0 Å². The molecule has 2 rings (SSSR count). The molecule has 18 heavy (non-hydrogen) atoms. The van der Waals surface area contributed by atoms with Gasteiger partial charge in [0.15, 0.2) is 0 Å². The van der Waals surface area contributed by atoms with Crippen LogP contribution in [0.4, 0.5) is 4.79 Å². The number of nitrogens with zero attached hydrogens (tertiary/aromatic N) is 2. The summed E-state index contributed by atoms with van der Waals surface area (Å²) < 4.78 is 7.03. The fourth-order valence-electron chi connectivity index (χ4n) is 2.10. The molecule has 0 radical (unpaired) electrons. The molecule has 0 fully saturated rings. The number of amides is 1. The molecule has 100 valence electrons. The highest BCUT2D eigenvalue weighted by Crippen LogP contribution is 2.18. The molecule has 1 aliphatic rings. The van der Waals surface area contributed by atoms with E-state index in [1.807, 2.05) is 27.8 Å². The van der Waals surface area contributed by atoms with E-state index in [9.17, 15) is 9.59 Å². The van der Waals surface area contributed by atoms with Crippen molar-refractivity contribution in [2.45, 2.75) is 39.3 Å². The summed E-state index contributed by atoms with van der Waals surface area (Å²) in [6, 6.07) is 0. The first kappa shape index (κ1) is 12.7. The minimum absolute atomic E-state index is 0.124. The number of aromatic nitrogens is 2. The van der Waals surface area contributed by atoms with Crippen LogP contribution >= 0.6 is 0 Å². The van der Waals surface area contributed by atoms with E-state index in [0.29, 0.717) is 25.1 Å². The van der Waals surface area contributed by atoms with E-state index in [1.54, 1.807) is 9.58 Å². The van der Waals surface area contributed by atoms with Crippen molar-refractivity contribution in [2.75, 3.05) is 6.54 Å². The first-order valence-corrected chi connectivity index (χ1v) is 6.02. The average Bonchev–Trinajstić information content (AvgIpc) is 2.52. The van der Waals surface area contributed by atoms with Crippen molar-refractivity contribution in [1.29, 1.82) is 0 Å². The summed E-state index contributed by atoms with van der Waals surface area (Å²) >= 11 is 0. The monoisotopic (exact) mass is 253 g/mol. The Morgan fingerprint density at radius 2 is 2.06 bits per heavy atom. The fourth-order valence-corrected chi connectivity index (χ4v) is 2.10. The molecule has 0 saturated heterocycles. The normalized spacial score (nSPS) is 15.4. The van der Waals surface area contributed by atoms with Gasteiger partial charge in [-0.3, -0.25) is 14.6 Å². The minimum Gasteiger partial charge on any atom is -0.444 e. The molecule has 0 bridgehead atoms. The van der Waals surface area contributed by atoms with Gasteiger partial charge in [-0.05, 0) is 20.8 Å². The number of H-pyrrole nitrogens is 1. The van der Waals surface area contributed by atoms with E-state index in [0.717, 1.165) is 5.69 Å². The fraction of sp³-hybridized carbons (Fsp3) is 0.667. The number of rotatable bonds is 0. The van der Waals surface area contributed by atoms with Crippen LogP contribution in [0.25, 0.3) is 0 Å². The molecule has 0 unspecified atom stereocenters. The second kappa shape index (κ2) is 4.19. The minimum atomic E-state index is -0.513. The van der Waals surface area contributed by atoms with Crippen molar-refractivity contribution in [3.8, 4) is 0 Å². The Balaban J connectivity index is 2.15. The lowest BCUT2D eigenvalue weighted by molar-refractivity contribution is 0.0222.